The van der Waals surface area contributed by atoms with Crippen LogP contribution >= 0.6 is 23.6 Å². The predicted octanol–water partition coefficient (Wildman–Crippen LogP) is 1.84. The molecule has 20 heavy (non-hydrogen) atoms. The van der Waals surface area contributed by atoms with E-state index in [0.29, 0.717) is 19.8 Å². The summed E-state index contributed by atoms with van der Waals surface area (Å²) in [6.07, 6.45) is 3.38. The number of aromatic hydroxyl groups is 1. The van der Waals surface area contributed by atoms with Gasteiger partial charge in [-0.3, -0.25) is 4.79 Å². The summed E-state index contributed by atoms with van der Waals surface area (Å²) in [5.41, 5.74) is 1.40. The van der Waals surface area contributed by atoms with Crippen molar-refractivity contribution in [1.29, 1.82) is 0 Å². The van der Waals surface area contributed by atoms with E-state index in [0.717, 1.165) is 10.8 Å². The molecule has 100 valence electrons. The minimum absolute atomic E-state index is 0.0243. The number of amides is 1. The summed E-state index contributed by atoms with van der Waals surface area (Å²) >= 11 is 6.17. The van der Waals surface area contributed by atoms with Crippen molar-refractivity contribution in [1.82, 2.24) is 4.98 Å². The second-order valence-corrected chi connectivity index (χ2v) is 6.12. The lowest BCUT2D eigenvalue weighted by molar-refractivity contribution is -0.114. The molecule has 6 heteroatoms. The first kappa shape index (κ1) is 13.0. The van der Waals surface area contributed by atoms with E-state index in [1.54, 1.807) is 12.2 Å². The van der Waals surface area contributed by atoms with Crippen LogP contribution in [0.1, 0.15) is 10.4 Å². The molecule has 0 saturated heterocycles. The quantitative estimate of drug-likeness (QED) is 0.624. The maximum absolute atomic E-state index is 12.1. The van der Waals surface area contributed by atoms with Gasteiger partial charge in [-0.15, -0.1) is 11.3 Å². The average Bonchev–Trinajstić information content (AvgIpc) is 2.70. The fourth-order valence-electron chi connectivity index (χ4n) is 2.02. The summed E-state index contributed by atoms with van der Waals surface area (Å²) in [6, 6.07) is 5.75. The number of aryl methyl sites for hydroxylation is 1. The van der Waals surface area contributed by atoms with Crippen LogP contribution in [-0.4, -0.2) is 16.0 Å². The number of hydrogen-bond donors (Lipinski definition) is 2. The topological polar surface area (TPSA) is 65.5 Å². The van der Waals surface area contributed by atoms with Crippen molar-refractivity contribution in [2.24, 2.45) is 4.99 Å². The number of nitrogens with zero attached hydrogens (tertiary/aromatic N) is 1. The van der Waals surface area contributed by atoms with Gasteiger partial charge in [-0.05, 0) is 36.9 Å². The molecule has 0 atom stereocenters. The minimum Gasteiger partial charge on any atom is -0.494 e. The van der Waals surface area contributed by atoms with Crippen molar-refractivity contribution < 1.29 is 9.90 Å². The lowest BCUT2D eigenvalue weighted by Gasteiger charge is -2.04. The molecule has 2 N–H and O–H groups in total. The second kappa shape index (κ2) is 4.81. The van der Waals surface area contributed by atoms with Gasteiger partial charge in [0.25, 0.3) is 5.91 Å². The van der Waals surface area contributed by atoms with Crippen LogP contribution in [0, 0.1) is 10.9 Å². The number of fused-ring (bicyclic) bond motifs is 1. The molecule has 0 bridgehead atoms. The Morgan fingerprint density at radius 1 is 1.45 bits per heavy atom. The molecule has 0 radical (unpaired) electrons. The van der Waals surface area contributed by atoms with Crippen LogP contribution in [0.5, 0.6) is 5.88 Å². The third-order valence-corrected chi connectivity index (χ3v) is 4.15. The number of nitrogens with one attached hydrogen (secondary N) is 1. The van der Waals surface area contributed by atoms with Crippen LogP contribution in [-0.2, 0) is 4.79 Å². The Balaban J connectivity index is 2.20. The van der Waals surface area contributed by atoms with Crippen LogP contribution in [0.15, 0.2) is 28.8 Å². The first-order chi connectivity index (χ1) is 9.54. The van der Waals surface area contributed by atoms with E-state index >= 15 is 0 Å². The van der Waals surface area contributed by atoms with Crippen LogP contribution in [0.2, 0.25) is 0 Å². The Morgan fingerprint density at radius 3 is 2.95 bits per heavy atom. The van der Waals surface area contributed by atoms with E-state index in [2.05, 4.69) is 9.98 Å². The van der Waals surface area contributed by atoms with E-state index in [9.17, 15) is 9.90 Å². The maximum Gasteiger partial charge on any atom is 0.277 e. The number of carbonyl (C=O) groups is 1. The zero-order valence-corrected chi connectivity index (χ0v) is 12.1. The van der Waals surface area contributed by atoms with E-state index in [1.807, 2.05) is 25.1 Å². The van der Waals surface area contributed by atoms with Crippen molar-refractivity contribution in [2.75, 3.05) is 0 Å². The number of benzene rings is 1. The summed E-state index contributed by atoms with van der Waals surface area (Å²) < 4.78 is 0.464. The molecule has 0 unspecified atom stereocenters. The normalized spacial score (nSPS) is 15.7. The van der Waals surface area contributed by atoms with Gasteiger partial charge in [-0.1, -0.05) is 18.2 Å². The lowest BCUT2D eigenvalue weighted by atomic mass is 10.1. The van der Waals surface area contributed by atoms with E-state index < -0.39 is 0 Å². The van der Waals surface area contributed by atoms with Gasteiger partial charge >= 0.3 is 0 Å². The van der Waals surface area contributed by atoms with Gasteiger partial charge in [0.05, 0.1) is 10.2 Å². The predicted molar refractivity (Wildman–Crippen MR) is 80.6 cm³/mol. The Bertz CT molecular complexity index is 919. The van der Waals surface area contributed by atoms with Crippen LogP contribution < -0.4 is 10.6 Å². The molecule has 1 amide bonds. The summed E-state index contributed by atoms with van der Waals surface area (Å²) in [7, 11) is 0. The molecular formula is C14H10N2O2S2. The highest BCUT2D eigenvalue weighted by Crippen LogP contribution is 2.25. The highest BCUT2D eigenvalue weighted by molar-refractivity contribution is 7.73. The minimum atomic E-state index is -0.314. The largest absolute Gasteiger partial charge is 0.494 e. The van der Waals surface area contributed by atoms with Gasteiger partial charge in [0.2, 0.25) is 5.88 Å². The first-order valence-corrected chi connectivity index (χ1v) is 7.11. The summed E-state index contributed by atoms with van der Waals surface area (Å²) in [5.74, 6) is -0.339. The monoisotopic (exact) mass is 302 g/mol. The fraction of sp³-hybridized carbons (Fsp3) is 0.0714. The van der Waals surface area contributed by atoms with Crippen LogP contribution in [0.4, 0.5) is 0 Å². The first-order valence-electron chi connectivity index (χ1n) is 5.89. The molecule has 3 rings (SSSR count). The standard InChI is InChI=1S/C14H10N2O2S2/c1-7-3-2-4-8-5-9(12(17)15-11(7)8)6-10-13(18)16-14(19)20-10/h2-6,18H,1H3,(H,16,19). The molecule has 0 saturated carbocycles. The number of H-pyrrole nitrogens is 1. The van der Waals surface area contributed by atoms with Gasteiger partial charge in [-0.25, -0.2) is 4.99 Å². The van der Waals surface area contributed by atoms with Crippen molar-refractivity contribution in [3.05, 3.63) is 48.7 Å². The number of para-hydroxylation sites is 1. The summed E-state index contributed by atoms with van der Waals surface area (Å²) in [5, 5.41) is 11.3. The van der Waals surface area contributed by atoms with Gasteiger partial charge in [0, 0.05) is 10.8 Å². The molecular weight excluding hydrogens is 292 g/mol. The van der Waals surface area contributed by atoms with Crippen LogP contribution in [0.3, 0.4) is 0 Å². The zero-order valence-electron chi connectivity index (χ0n) is 10.5. The van der Waals surface area contributed by atoms with Crippen molar-refractivity contribution in [2.45, 2.75) is 6.92 Å². The van der Waals surface area contributed by atoms with E-state index in [4.69, 9.17) is 12.2 Å². The Labute approximate surface area is 123 Å². The van der Waals surface area contributed by atoms with E-state index in [1.165, 1.54) is 11.3 Å². The highest BCUT2D eigenvalue weighted by Gasteiger charge is 2.13. The number of hydrogen-bond acceptors (Lipinski definition) is 4. The molecule has 1 aromatic carbocycles. The maximum atomic E-state index is 12.1. The second-order valence-electron chi connectivity index (χ2n) is 4.40. The number of aromatic nitrogens is 1. The molecule has 0 fully saturated rings. The number of rotatable bonds is 1. The van der Waals surface area contributed by atoms with Crippen molar-refractivity contribution in [3.8, 4) is 5.88 Å². The van der Waals surface area contributed by atoms with Gasteiger partial charge < -0.3 is 10.1 Å². The van der Waals surface area contributed by atoms with Gasteiger partial charge in [0.15, 0.2) is 3.95 Å². The molecule has 1 aromatic heterocycles. The van der Waals surface area contributed by atoms with Crippen molar-refractivity contribution in [3.63, 3.8) is 0 Å². The number of carbonyl (C=O) groups excluding carboxylic acids is 1. The van der Waals surface area contributed by atoms with Crippen LogP contribution in [0.25, 0.3) is 12.2 Å². The Morgan fingerprint density at radius 2 is 2.25 bits per heavy atom. The lowest BCUT2D eigenvalue weighted by Crippen LogP contribution is -2.32. The summed E-state index contributed by atoms with van der Waals surface area (Å²) in [4.78, 5) is 19.3. The third kappa shape index (κ3) is 2.23. The SMILES string of the molecule is Cc1cccc2c1=NC(=O)C(=Cc1sc(=S)[nH]c1O)C=2. The molecule has 1 aliphatic heterocycles. The van der Waals surface area contributed by atoms with Gasteiger partial charge in [0.1, 0.15) is 0 Å². The van der Waals surface area contributed by atoms with Gasteiger partial charge in [-0.2, -0.15) is 0 Å². The molecule has 0 aliphatic carbocycles. The Kier molecular flexibility index (Phi) is 3.11. The van der Waals surface area contributed by atoms with E-state index in [-0.39, 0.29) is 11.8 Å². The zero-order chi connectivity index (χ0) is 14.3. The van der Waals surface area contributed by atoms with Crippen molar-refractivity contribution >= 4 is 41.6 Å². The smallest absolute Gasteiger partial charge is 0.277 e. The molecule has 1 aliphatic rings. The highest BCUT2D eigenvalue weighted by atomic mass is 32.1. The molecule has 0 spiro atoms. The average molecular weight is 302 g/mol. The molecule has 4 nitrogen and oxygen atoms in total. The third-order valence-electron chi connectivity index (χ3n) is 2.98. The number of thiazole rings is 1. The fourth-order valence-corrected chi connectivity index (χ4v) is 3.07. The Hall–Kier alpha value is -2.05. The molecule has 2 heterocycles. The number of aromatic amines is 1. The molecule has 2 aromatic rings. The summed E-state index contributed by atoms with van der Waals surface area (Å²) in [6.45, 7) is 1.92.